The van der Waals surface area contributed by atoms with Crippen LogP contribution in [0.2, 0.25) is 0 Å². The summed E-state index contributed by atoms with van der Waals surface area (Å²) in [6.45, 7) is 4.99. The number of aromatic nitrogens is 1. The summed E-state index contributed by atoms with van der Waals surface area (Å²) in [5.74, 6) is 0.702. The summed E-state index contributed by atoms with van der Waals surface area (Å²) < 4.78 is 13.4. The van der Waals surface area contributed by atoms with Crippen molar-refractivity contribution in [2.24, 2.45) is 5.73 Å². The number of hydrogen-bond donors (Lipinski definition) is 1. The minimum atomic E-state index is -1.01. The van der Waals surface area contributed by atoms with Crippen molar-refractivity contribution >= 4 is 5.82 Å². The Morgan fingerprint density at radius 3 is 2.72 bits per heavy atom. The van der Waals surface area contributed by atoms with E-state index in [4.69, 9.17) is 11.0 Å². The van der Waals surface area contributed by atoms with Gasteiger partial charge in [0.15, 0.2) is 0 Å². The third-order valence-electron chi connectivity index (χ3n) is 2.79. The van der Waals surface area contributed by atoms with E-state index in [2.05, 4.69) is 4.98 Å². The molecule has 1 aromatic rings. The van der Waals surface area contributed by atoms with Gasteiger partial charge in [0.2, 0.25) is 0 Å². The number of nitrogens with two attached hydrogens (primary N) is 1. The molecule has 0 aliphatic carbocycles. The molecule has 18 heavy (non-hydrogen) atoms. The molecule has 4 nitrogen and oxygen atoms in total. The number of nitriles is 1. The first-order valence-electron chi connectivity index (χ1n) is 6.21. The Labute approximate surface area is 107 Å². The minimum absolute atomic E-state index is 0.278. The molecular weight excluding hydrogens is 231 g/mol. The molecule has 0 radical (unpaired) electrons. The first-order valence-corrected chi connectivity index (χ1v) is 6.21. The van der Waals surface area contributed by atoms with Gasteiger partial charge in [-0.05, 0) is 18.6 Å². The molecule has 0 amide bonds. The SMILES string of the molecule is CC.N#Cc1ccc(N2CCC(N)C(F)C2)nc1. The van der Waals surface area contributed by atoms with Crippen LogP contribution in [0.15, 0.2) is 18.3 Å². The van der Waals surface area contributed by atoms with Crippen molar-refractivity contribution in [1.29, 1.82) is 5.26 Å². The van der Waals surface area contributed by atoms with Crippen LogP contribution in [0.3, 0.4) is 0 Å². The standard InChI is InChI=1S/C11H13FN4.C2H6/c12-9-7-16(4-3-10(9)14)11-2-1-8(5-13)6-15-11;1-2/h1-2,6,9-10H,3-4,7,14H2;1-2H3. The average molecular weight is 250 g/mol. The van der Waals surface area contributed by atoms with Gasteiger partial charge < -0.3 is 10.6 Å². The normalized spacial score (nSPS) is 22.7. The fourth-order valence-corrected chi connectivity index (χ4v) is 1.77. The molecule has 0 aromatic carbocycles. The molecule has 1 aromatic heterocycles. The van der Waals surface area contributed by atoms with Gasteiger partial charge in [0.25, 0.3) is 0 Å². The van der Waals surface area contributed by atoms with Crippen LogP contribution in [0.25, 0.3) is 0 Å². The molecule has 1 saturated heterocycles. The molecule has 5 heteroatoms. The fraction of sp³-hybridized carbons (Fsp3) is 0.538. The lowest BCUT2D eigenvalue weighted by Crippen LogP contribution is -2.48. The zero-order valence-corrected chi connectivity index (χ0v) is 10.8. The highest BCUT2D eigenvalue weighted by Gasteiger charge is 2.26. The summed E-state index contributed by atoms with van der Waals surface area (Å²) in [5.41, 5.74) is 6.11. The highest BCUT2D eigenvalue weighted by atomic mass is 19.1. The molecule has 1 aliphatic rings. The van der Waals surface area contributed by atoms with Crippen LogP contribution in [-0.4, -0.2) is 30.3 Å². The van der Waals surface area contributed by atoms with Crippen LogP contribution in [0, 0.1) is 11.3 Å². The maximum Gasteiger partial charge on any atom is 0.133 e. The Hall–Kier alpha value is -1.67. The lowest BCUT2D eigenvalue weighted by molar-refractivity contribution is 0.251. The van der Waals surface area contributed by atoms with Crippen LogP contribution < -0.4 is 10.6 Å². The van der Waals surface area contributed by atoms with Crippen LogP contribution in [0.5, 0.6) is 0 Å². The van der Waals surface area contributed by atoms with Crippen molar-refractivity contribution in [3.8, 4) is 6.07 Å². The Morgan fingerprint density at radius 2 is 2.22 bits per heavy atom. The molecule has 0 saturated carbocycles. The van der Waals surface area contributed by atoms with Crippen molar-refractivity contribution in [3.05, 3.63) is 23.9 Å². The topological polar surface area (TPSA) is 65.9 Å². The summed E-state index contributed by atoms with van der Waals surface area (Å²) in [5, 5.41) is 8.64. The number of nitrogens with zero attached hydrogens (tertiary/aromatic N) is 3. The van der Waals surface area contributed by atoms with Crippen molar-refractivity contribution < 1.29 is 4.39 Å². The number of piperidine rings is 1. The molecule has 0 spiro atoms. The van der Waals surface area contributed by atoms with Gasteiger partial charge in [-0.15, -0.1) is 0 Å². The van der Waals surface area contributed by atoms with E-state index in [1.807, 2.05) is 24.8 Å². The van der Waals surface area contributed by atoms with Crippen LogP contribution >= 0.6 is 0 Å². The lowest BCUT2D eigenvalue weighted by Gasteiger charge is -2.33. The zero-order valence-electron chi connectivity index (χ0n) is 10.8. The van der Waals surface area contributed by atoms with Crippen molar-refractivity contribution in [1.82, 2.24) is 4.98 Å². The van der Waals surface area contributed by atoms with Crippen LogP contribution in [0.4, 0.5) is 10.2 Å². The number of halogens is 1. The lowest BCUT2D eigenvalue weighted by atomic mass is 10.0. The Kier molecular flexibility index (Phi) is 5.53. The van der Waals surface area contributed by atoms with Crippen molar-refractivity contribution in [2.75, 3.05) is 18.0 Å². The largest absolute Gasteiger partial charge is 0.354 e. The summed E-state index contributed by atoms with van der Waals surface area (Å²) in [4.78, 5) is 5.98. The first kappa shape index (κ1) is 14.4. The monoisotopic (exact) mass is 250 g/mol. The van der Waals surface area contributed by atoms with Crippen LogP contribution in [-0.2, 0) is 0 Å². The second kappa shape index (κ2) is 6.92. The Morgan fingerprint density at radius 1 is 1.50 bits per heavy atom. The summed E-state index contributed by atoms with van der Waals surface area (Å²) in [6, 6.07) is 5.05. The average Bonchev–Trinajstić information content (AvgIpc) is 2.44. The molecule has 2 N–H and O–H groups in total. The molecule has 1 fully saturated rings. The number of rotatable bonds is 1. The van der Waals surface area contributed by atoms with E-state index in [-0.39, 0.29) is 12.6 Å². The smallest absolute Gasteiger partial charge is 0.133 e. The summed E-state index contributed by atoms with van der Waals surface area (Å²) >= 11 is 0. The van der Waals surface area contributed by atoms with Gasteiger partial charge in [-0.2, -0.15) is 5.26 Å². The zero-order chi connectivity index (χ0) is 13.5. The Balaban J connectivity index is 0.000000771. The molecule has 2 heterocycles. The Bertz CT molecular complexity index is 398. The van der Waals surface area contributed by atoms with Gasteiger partial charge in [0.05, 0.1) is 12.1 Å². The third-order valence-corrected chi connectivity index (χ3v) is 2.79. The predicted molar refractivity (Wildman–Crippen MR) is 70.0 cm³/mol. The molecule has 2 atom stereocenters. The van der Waals surface area contributed by atoms with E-state index in [0.717, 1.165) is 0 Å². The molecule has 0 bridgehead atoms. The quantitative estimate of drug-likeness (QED) is 0.826. The van der Waals surface area contributed by atoms with Gasteiger partial charge in [-0.25, -0.2) is 9.37 Å². The first-order chi connectivity index (χ1) is 8.70. The van der Waals surface area contributed by atoms with Crippen molar-refractivity contribution in [3.63, 3.8) is 0 Å². The predicted octanol–water partition coefficient (Wildman–Crippen LogP) is 1.85. The third kappa shape index (κ3) is 3.41. The van der Waals surface area contributed by atoms with Gasteiger partial charge in [0.1, 0.15) is 18.1 Å². The second-order valence-electron chi connectivity index (χ2n) is 3.93. The van der Waals surface area contributed by atoms with Gasteiger partial charge in [-0.1, -0.05) is 13.8 Å². The highest BCUT2D eigenvalue weighted by molar-refractivity contribution is 5.42. The highest BCUT2D eigenvalue weighted by Crippen LogP contribution is 2.18. The number of anilines is 1. The molecule has 1 aliphatic heterocycles. The second-order valence-corrected chi connectivity index (χ2v) is 3.93. The van der Waals surface area contributed by atoms with E-state index in [1.165, 1.54) is 6.20 Å². The van der Waals surface area contributed by atoms with Gasteiger partial charge in [0, 0.05) is 18.8 Å². The summed E-state index contributed by atoms with van der Waals surface area (Å²) in [6.07, 6.45) is 1.12. The summed E-state index contributed by atoms with van der Waals surface area (Å²) in [7, 11) is 0. The molecule has 2 unspecified atom stereocenters. The van der Waals surface area contributed by atoms with E-state index >= 15 is 0 Å². The van der Waals surface area contributed by atoms with Crippen LogP contribution in [0.1, 0.15) is 25.8 Å². The van der Waals surface area contributed by atoms with E-state index in [0.29, 0.717) is 24.3 Å². The molecule has 98 valence electrons. The maximum absolute atomic E-state index is 13.4. The molecular formula is C13H19FN4. The molecule has 2 rings (SSSR count). The van der Waals surface area contributed by atoms with Gasteiger partial charge >= 0.3 is 0 Å². The van der Waals surface area contributed by atoms with E-state index in [1.54, 1.807) is 12.1 Å². The fourth-order valence-electron chi connectivity index (χ4n) is 1.77. The van der Waals surface area contributed by atoms with Crippen molar-refractivity contribution in [2.45, 2.75) is 32.5 Å². The number of hydrogen-bond acceptors (Lipinski definition) is 4. The minimum Gasteiger partial charge on any atom is -0.354 e. The van der Waals surface area contributed by atoms with Gasteiger partial charge in [-0.3, -0.25) is 0 Å². The maximum atomic E-state index is 13.4. The number of alkyl halides is 1. The van der Waals surface area contributed by atoms with E-state index < -0.39 is 6.17 Å². The van der Waals surface area contributed by atoms with E-state index in [9.17, 15) is 4.39 Å². The number of pyridine rings is 1.